The van der Waals surface area contributed by atoms with Gasteiger partial charge in [-0.25, -0.2) is 14.3 Å². The molecular weight excluding hydrogens is 470 g/mol. The van der Waals surface area contributed by atoms with Gasteiger partial charge in [0.25, 0.3) is 5.91 Å². The van der Waals surface area contributed by atoms with Crippen LogP contribution in [0.3, 0.4) is 0 Å². The lowest BCUT2D eigenvalue weighted by molar-refractivity contribution is 0.0566. The second-order valence-electron chi connectivity index (χ2n) is 8.77. The zero-order valence-corrected chi connectivity index (χ0v) is 21.2. The average Bonchev–Trinajstić information content (AvgIpc) is 3.28. The van der Waals surface area contributed by atoms with Crippen molar-refractivity contribution in [2.45, 2.75) is 13.8 Å². The number of aromatic nitrogens is 3. The molecule has 37 heavy (non-hydrogen) atoms. The van der Waals surface area contributed by atoms with Gasteiger partial charge in [-0.15, -0.1) is 0 Å². The monoisotopic (exact) mass is 499 g/mol. The fourth-order valence-electron chi connectivity index (χ4n) is 4.69. The molecule has 0 saturated carbocycles. The van der Waals surface area contributed by atoms with Crippen molar-refractivity contribution in [3.8, 4) is 28.1 Å². The van der Waals surface area contributed by atoms with Crippen LogP contribution in [0, 0.1) is 6.92 Å². The van der Waals surface area contributed by atoms with E-state index in [1.807, 2.05) is 61.5 Å². The minimum absolute atomic E-state index is 0.194. The number of nitrogens with zero attached hydrogens (tertiary/aromatic N) is 5. The number of methoxy groups -OCH3 is 1. The Bertz CT molecular complexity index is 1440. The summed E-state index contributed by atoms with van der Waals surface area (Å²) in [4.78, 5) is 34.0. The van der Waals surface area contributed by atoms with E-state index in [0.29, 0.717) is 55.6 Å². The summed E-state index contributed by atoms with van der Waals surface area (Å²) in [5.74, 6) is 0.478. The van der Waals surface area contributed by atoms with E-state index in [9.17, 15) is 9.59 Å². The maximum absolute atomic E-state index is 13.7. The number of hydrogen-bond donors (Lipinski definition) is 0. The van der Waals surface area contributed by atoms with Crippen molar-refractivity contribution in [2.75, 3.05) is 39.9 Å². The largest absolute Gasteiger partial charge is 0.496 e. The Labute approximate surface area is 215 Å². The molecule has 0 atom stereocenters. The minimum Gasteiger partial charge on any atom is -0.496 e. The molecule has 0 unspecified atom stereocenters. The van der Waals surface area contributed by atoms with Crippen molar-refractivity contribution in [1.29, 1.82) is 0 Å². The third-order valence-corrected chi connectivity index (χ3v) is 6.52. The zero-order chi connectivity index (χ0) is 25.9. The predicted octanol–water partition coefficient (Wildman–Crippen LogP) is 4.29. The number of piperazine rings is 1. The van der Waals surface area contributed by atoms with E-state index in [0.717, 1.165) is 22.4 Å². The van der Waals surface area contributed by atoms with Crippen LogP contribution in [-0.2, 0) is 4.74 Å². The van der Waals surface area contributed by atoms with Crippen molar-refractivity contribution in [2.24, 2.45) is 0 Å². The fourth-order valence-corrected chi connectivity index (χ4v) is 4.69. The molecule has 3 heterocycles. The summed E-state index contributed by atoms with van der Waals surface area (Å²) in [7, 11) is 1.62. The SMILES string of the molecule is CCOC(=O)N1CCN(C(=O)c2cc(-c3ccccc3OC)n3nc(C)c(-c4ccccc4)c3n2)CC1. The van der Waals surface area contributed by atoms with Gasteiger partial charge in [0, 0.05) is 37.3 Å². The third-order valence-electron chi connectivity index (χ3n) is 6.52. The zero-order valence-electron chi connectivity index (χ0n) is 21.2. The molecule has 1 aliphatic heterocycles. The van der Waals surface area contributed by atoms with Gasteiger partial charge in [-0.05, 0) is 37.6 Å². The van der Waals surface area contributed by atoms with Gasteiger partial charge in [-0.3, -0.25) is 4.79 Å². The van der Waals surface area contributed by atoms with Gasteiger partial charge in [0.15, 0.2) is 5.65 Å². The molecule has 1 fully saturated rings. The maximum atomic E-state index is 13.7. The van der Waals surface area contributed by atoms with Gasteiger partial charge in [0.05, 0.1) is 25.1 Å². The first-order valence-electron chi connectivity index (χ1n) is 12.3. The first kappa shape index (κ1) is 24.3. The molecule has 9 heteroatoms. The molecule has 2 amide bonds. The molecule has 190 valence electrons. The van der Waals surface area contributed by atoms with Gasteiger partial charge >= 0.3 is 6.09 Å². The van der Waals surface area contributed by atoms with Crippen molar-refractivity contribution >= 4 is 17.6 Å². The van der Waals surface area contributed by atoms with Crippen LogP contribution in [0.25, 0.3) is 28.0 Å². The normalized spacial score (nSPS) is 13.6. The average molecular weight is 500 g/mol. The Morgan fingerprint density at radius 1 is 0.946 bits per heavy atom. The van der Waals surface area contributed by atoms with Gasteiger partial charge in [0.1, 0.15) is 11.4 Å². The molecule has 1 saturated heterocycles. The van der Waals surface area contributed by atoms with Crippen LogP contribution < -0.4 is 4.74 Å². The summed E-state index contributed by atoms with van der Waals surface area (Å²) in [5, 5.41) is 4.82. The van der Waals surface area contributed by atoms with Crippen molar-refractivity contribution in [1.82, 2.24) is 24.4 Å². The van der Waals surface area contributed by atoms with Crippen LogP contribution >= 0.6 is 0 Å². The number of fused-ring (bicyclic) bond motifs is 1. The second-order valence-corrected chi connectivity index (χ2v) is 8.77. The van der Waals surface area contributed by atoms with Crippen LogP contribution in [0.15, 0.2) is 60.7 Å². The highest BCUT2D eigenvalue weighted by Crippen LogP contribution is 2.34. The van der Waals surface area contributed by atoms with Crippen LogP contribution in [0.1, 0.15) is 23.1 Å². The number of aryl methyl sites for hydroxylation is 1. The molecule has 0 radical (unpaired) electrons. The first-order valence-corrected chi connectivity index (χ1v) is 12.3. The standard InChI is InChI=1S/C28H29N5O4/c1-4-37-28(35)32-16-14-31(15-17-32)27(34)22-18-23(21-12-8-9-13-24(21)36-3)33-26(29-22)25(19(2)30-33)20-10-6-5-7-11-20/h5-13,18H,4,14-17H2,1-3H3. The smallest absolute Gasteiger partial charge is 0.409 e. The summed E-state index contributed by atoms with van der Waals surface area (Å²) in [5.41, 5.74) is 5.08. The van der Waals surface area contributed by atoms with E-state index < -0.39 is 0 Å². The lowest BCUT2D eigenvalue weighted by Crippen LogP contribution is -2.50. The molecule has 1 aliphatic rings. The molecule has 0 spiro atoms. The molecule has 2 aromatic heterocycles. The molecule has 0 bridgehead atoms. The number of carbonyl (C=O) groups excluding carboxylic acids is 2. The molecule has 4 aromatic rings. The van der Waals surface area contributed by atoms with E-state index in [4.69, 9.17) is 19.6 Å². The van der Waals surface area contributed by atoms with E-state index in [1.54, 1.807) is 34.4 Å². The highest BCUT2D eigenvalue weighted by atomic mass is 16.6. The number of benzene rings is 2. The Hall–Kier alpha value is -4.40. The van der Waals surface area contributed by atoms with E-state index in [1.165, 1.54) is 0 Å². The highest BCUT2D eigenvalue weighted by Gasteiger charge is 2.28. The summed E-state index contributed by atoms with van der Waals surface area (Å²) in [6.45, 7) is 5.67. The van der Waals surface area contributed by atoms with Gasteiger partial charge in [-0.1, -0.05) is 42.5 Å². The molecule has 0 aliphatic carbocycles. The number of ether oxygens (including phenoxy) is 2. The molecular formula is C28H29N5O4. The quantitative estimate of drug-likeness (QED) is 0.407. The Morgan fingerprint density at radius 2 is 1.62 bits per heavy atom. The van der Waals surface area contributed by atoms with Crippen LogP contribution in [0.4, 0.5) is 4.79 Å². The molecule has 9 nitrogen and oxygen atoms in total. The van der Waals surface area contributed by atoms with E-state index in [-0.39, 0.29) is 12.0 Å². The van der Waals surface area contributed by atoms with Gasteiger partial charge < -0.3 is 19.3 Å². The van der Waals surface area contributed by atoms with Crippen molar-refractivity contribution in [3.63, 3.8) is 0 Å². The number of rotatable bonds is 5. The second kappa shape index (κ2) is 10.3. The van der Waals surface area contributed by atoms with E-state index >= 15 is 0 Å². The minimum atomic E-state index is -0.352. The fraction of sp³-hybridized carbons (Fsp3) is 0.286. The van der Waals surface area contributed by atoms with Crippen molar-refractivity contribution < 1.29 is 19.1 Å². The lowest BCUT2D eigenvalue weighted by atomic mass is 10.1. The predicted molar refractivity (Wildman–Crippen MR) is 140 cm³/mol. The summed E-state index contributed by atoms with van der Waals surface area (Å²) in [6, 6.07) is 19.3. The maximum Gasteiger partial charge on any atom is 0.409 e. The summed E-state index contributed by atoms with van der Waals surface area (Å²) in [6.07, 6.45) is -0.352. The number of hydrogen-bond acceptors (Lipinski definition) is 6. The first-order chi connectivity index (χ1) is 18.0. The topological polar surface area (TPSA) is 89.3 Å². The summed E-state index contributed by atoms with van der Waals surface area (Å²) < 4.78 is 12.5. The highest BCUT2D eigenvalue weighted by molar-refractivity contribution is 5.95. The summed E-state index contributed by atoms with van der Waals surface area (Å²) >= 11 is 0. The molecule has 2 aromatic carbocycles. The van der Waals surface area contributed by atoms with Crippen LogP contribution in [0.2, 0.25) is 0 Å². The van der Waals surface area contributed by atoms with Gasteiger partial charge in [0.2, 0.25) is 0 Å². The molecule has 5 rings (SSSR count). The lowest BCUT2D eigenvalue weighted by Gasteiger charge is -2.33. The van der Waals surface area contributed by atoms with Crippen LogP contribution in [-0.4, -0.2) is 76.3 Å². The van der Waals surface area contributed by atoms with Crippen LogP contribution in [0.5, 0.6) is 5.75 Å². The Morgan fingerprint density at radius 3 is 2.32 bits per heavy atom. The number of amides is 2. The number of carbonyl (C=O) groups is 2. The Balaban J connectivity index is 1.60. The van der Waals surface area contributed by atoms with Gasteiger partial charge in [-0.2, -0.15) is 5.10 Å². The van der Waals surface area contributed by atoms with E-state index in [2.05, 4.69) is 0 Å². The Kier molecular flexibility index (Phi) is 6.76. The third kappa shape index (κ3) is 4.60. The number of para-hydroxylation sites is 1. The molecule has 0 N–H and O–H groups in total. The van der Waals surface area contributed by atoms with Crippen molar-refractivity contribution in [3.05, 3.63) is 72.1 Å².